The molecule has 4 nitrogen and oxygen atoms in total. The summed E-state index contributed by atoms with van der Waals surface area (Å²) in [5.74, 6) is 0.534. The van der Waals surface area contributed by atoms with Gasteiger partial charge in [0.15, 0.2) is 0 Å². The molecule has 3 unspecified atom stereocenters. The number of aromatic nitrogens is 3. The number of unbranched alkanes of at least 4 members (excludes halogenated alkanes) is 1. The molecule has 3 aromatic rings. The summed E-state index contributed by atoms with van der Waals surface area (Å²) in [6.07, 6.45) is 6.12. The predicted molar refractivity (Wildman–Crippen MR) is 112 cm³/mol. The van der Waals surface area contributed by atoms with Crippen LogP contribution in [0, 0.1) is 5.92 Å². The van der Waals surface area contributed by atoms with Crippen molar-refractivity contribution in [3.63, 3.8) is 0 Å². The minimum Gasteiger partial charge on any atom is -0.371 e. The lowest BCUT2D eigenvalue weighted by Crippen LogP contribution is -2.47. The fourth-order valence-corrected chi connectivity index (χ4v) is 4.88. The Bertz CT molecular complexity index is 900. The van der Waals surface area contributed by atoms with Gasteiger partial charge in [-0.15, -0.1) is 5.10 Å². The largest absolute Gasteiger partial charge is 0.371 e. The predicted octanol–water partition coefficient (Wildman–Crippen LogP) is 5.45. The molecule has 1 aromatic heterocycles. The Labute approximate surface area is 162 Å². The second kappa shape index (κ2) is 7.71. The van der Waals surface area contributed by atoms with E-state index in [2.05, 4.69) is 83.3 Å². The number of fused-ring (bicyclic) bond motifs is 2. The molecular weight excluding hydrogens is 332 g/mol. The zero-order valence-corrected chi connectivity index (χ0v) is 16.7. The molecule has 1 aliphatic rings. The first-order valence-corrected chi connectivity index (χ1v) is 10.4. The third-order valence-electron chi connectivity index (χ3n) is 6.15. The van der Waals surface area contributed by atoms with Crippen LogP contribution in [0.3, 0.4) is 0 Å². The highest BCUT2D eigenvalue weighted by molar-refractivity contribution is 5.74. The summed E-state index contributed by atoms with van der Waals surface area (Å²) in [6, 6.07) is 18.0. The molecule has 27 heavy (non-hydrogen) atoms. The summed E-state index contributed by atoms with van der Waals surface area (Å²) in [5, 5.41) is 9.11. The van der Waals surface area contributed by atoms with E-state index in [-0.39, 0.29) is 6.04 Å². The average molecular weight is 363 g/mol. The zero-order chi connectivity index (χ0) is 18.8. The van der Waals surface area contributed by atoms with Crippen molar-refractivity contribution >= 4 is 16.7 Å². The Morgan fingerprint density at radius 1 is 0.926 bits per heavy atom. The number of nitrogens with zero attached hydrogens (tertiary/aromatic N) is 4. The number of hydrogen-bond donors (Lipinski definition) is 0. The number of rotatable bonds is 6. The first-order chi connectivity index (χ1) is 13.3. The Balaban J connectivity index is 1.88. The lowest BCUT2D eigenvalue weighted by atomic mass is 9.77. The zero-order valence-electron chi connectivity index (χ0n) is 16.7. The molecule has 0 radical (unpaired) electrons. The Morgan fingerprint density at radius 2 is 1.70 bits per heavy atom. The van der Waals surface area contributed by atoms with Crippen LogP contribution in [-0.4, -0.2) is 28.1 Å². The van der Waals surface area contributed by atoms with Crippen LogP contribution in [0.2, 0.25) is 0 Å². The van der Waals surface area contributed by atoms with Gasteiger partial charge in [0.1, 0.15) is 5.52 Å². The summed E-state index contributed by atoms with van der Waals surface area (Å²) in [5.41, 5.74) is 4.84. The lowest BCUT2D eigenvalue weighted by Gasteiger charge is -2.46. The van der Waals surface area contributed by atoms with Crippen LogP contribution in [0.4, 0.5) is 5.69 Å². The van der Waals surface area contributed by atoms with Crippen LogP contribution < -0.4 is 4.90 Å². The minimum atomic E-state index is 0.242. The molecule has 1 aliphatic heterocycles. The number of benzene rings is 2. The Hall–Kier alpha value is -2.36. The van der Waals surface area contributed by atoms with Crippen molar-refractivity contribution in [3.8, 4) is 0 Å². The van der Waals surface area contributed by atoms with E-state index in [1.165, 1.54) is 43.4 Å². The monoisotopic (exact) mass is 362 g/mol. The van der Waals surface area contributed by atoms with Crippen LogP contribution >= 0.6 is 0 Å². The van der Waals surface area contributed by atoms with Crippen LogP contribution in [-0.2, 0) is 0 Å². The van der Waals surface area contributed by atoms with Gasteiger partial charge < -0.3 is 4.90 Å². The fourth-order valence-electron chi connectivity index (χ4n) is 4.88. The van der Waals surface area contributed by atoms with Gasteiger partial charge in [0.25, 0.3) is 0 Å². The van der Waals surface area contributed by atoms with E-state index in [4.69, 9.17) is 0 Å². The summed E-state index contributed by atoms with van der Waals surface area (Å²) in [7, 11) is 2.28. The molecule has 142 valence electrons. The maximum atomic E-state index is 4.64. The summed E-state index contributed by atoms with van der Waals surface area (Å²) in [6.45, 7) is 4.59. The maximum Gasteiger partial charge on any atom is 0.113 e. The van der Waals surface area contributed by atoms with Gasteiger partial charge in [-0.2, -0.15) is 0 Å². The molecule has 2 aromatic carbocycles. The highest BCUT2D eigenvalue weighted by Crippen LogP contribution is 2.45. The highest BCUT2D eigenvalue weighted by Gasteiger charge is 2.40. The van der Waals surface area contributed by atoms with Gasteiger partial charge >= 0.3 is 0 Å². The van der Waals surface area contributed by atoms with Crippen molar-refractivity contribution in [1.82, 2.24) is 15.0 Å². The molecular formula is C23H30N4. The van der Waals surface area contributed by atoms with E-state index in [1.807, 2.05) is 6.07 Å². The highest BCUT2D eigenvalue weighted by atomic mass is 15.4. The van der Waals surface area contributed by atoms with Crippen molar-refractivity contribution < 1.29 is 0 Å². The molecule has 0 saturated heterocycles. The normalized spacial score (nSPS) is 22.2. The van der Waals surface area contributed by atoms with Crippen molar-refractivity contribution in [2.75, 3.05) is 11.9 Å². The third kappa shape index (κ3) is 3.11. The van der Waals surface area contributed by atoms with Crippen molar-refractivity contribution in [1.29, 1.82) is 0 Å². The quantitative estimate of drug-likeness (QED) is 0.585. The summed E-state index contributed by atoms with van der Waals surface area (Å²) < 4.78 is 2.19. The Kier molecular flexibility index (Phi) is 5.15. The van der Waals surface area contributed by atoms with E-state index < -0.39 is 0 Å². The molecule has 4 heteroatoms. The van der Waals surface area contributed by atoms with Gasteiger partial charge in [-0.3, -0.25) is 0 Å². The van der Waals surface area contributed by atoms with Crippen LogP contribution in [0.15, 0.2) is 48.5 Å². The molecule has 4 rings (SSSR count). The molecule has 0 N–H and O–H groups in total. The second-order valence-corrected chi connectivity index (χ2v) is 7.80. The third-order valence-corrected chi connectivity index (χ3v) is 6.15. The number of para-hydroxylation sites is 2. The molecule has 3 atom stereocenters. The molecule has 0 spiro atoms. The van der Waals surface area contributed by atoms with Crippen LogP contribution in [0.5, 0.6) is 0 Å². The van der Waals surface area contributed by atoms with Gasteiger partial charge in [0.2, 0.25) is 0 Å². The minimum absolute atomic E-state index is 0.242. The molecule has 0 saturated carbocycles. The Morgan fingerprint density at radius 3 is 2.52 bits per heavy atom. The van der Waals surface area contributed by atoms with E-state index in [0.717, 1.165) is 11.0 Å². The topological polar surface area (TPSA) is 34.0 Å². The van der Waals surface area contributed by atoms with Crippen molar-refractivity contribution in [2.24, 2.45) is 5.92 Å². The van der Waals surface area contributed by atoms with Gasteiger partial charge in [-0.1, -0.05) is 68.7 Å². The van der Waals surface area contributed by atoms with Crippen molar-refractivity contribution in [3.05, 3.63) is 54.1 Å². The first kappa shape index (κ1) is 18.0. The fraction of sp³-hybridized carbons (Fsp3) is 0.478. The van der Waals surface area contributed by atoms with Crippen LogP contribution in [0.25, 0.3) is 11.0 Å². The van der Waals surface area contributed by atoms with E-state index in [1.54, 1.807) is 0 Å². The van der Waals surface area contributed by atoms with E-state index in [0.29, 0.717) is 12.0 Å². The van der Waals surface area contributed by atoms with Crippen molar-refractivity contribution in [2.45, 2.75) is 58.0 Å². The van der Waals surface area contributed by atoms with Gasteiger partial charge in [0.05, 0.1) is 11.6 Å². The van der Waals surface area contributed by atoms with Gasteiger partial charge in [0, 0.05) is 30.3 Å². The standard InChI is InChI=1S/C23H30N4/c1-4-6-14-20-17(11-5-2)23(18-12-7-9-15-21(18)26(20)3)27-22-16-10-8-13-19(22)24-25-27/h7-10,12-13,15-17,20,23H,4-6,11,14H2,1-3H3. The maximum absolute atomic E-state index is 4.64. The number of hydrogen-bond acceptors (Lipinski definition) is 3. The number of anilines is 1. The second-order valence-electron chi connectivity index (χ2n) is 7.80. The van der Waals surface area contributed by atoms with E-state index in [9.17, 15) is 0 Å². The molecule has 0 fully saturated rings. The van der Waals surface area contributed by atoms with Gasteiger partial charge in [-0.05, 0) is 31.0 Å². The summed E-state index contributed by atoms with van der Waals surface area (Å²) >= 11 is 0. The summed E-state index contributed by atoms with van der Waals surface area (Å²) in [4.78, 5) is 2.53. The average Bonchev–Trinajstić information content (AvgIpc) is 3.12. The molecule has 2 heterocycles. The van der Waals surface area contributed by atoms with E-state index >= 15 is 0 Å². The van der Waals surface area contributed by atoms with Gasteiger partial charge in [-0.25, -0.2) is 4.68 Å². The smallest absolute Gasteiger partial charge is 0.113 e. The SMILES string of the molecule is CCCCC1C(CCC)C(n2nnc3ccccc32)c2ccccc2N1C. The van der Waals surface area contributed by atoms with Crippen LogP contribution in [0.1, 0.15) is 57.6 Å². The molecule has 0 amide bonds. The first-order valence-electron chi connectivity index (χ1n) is 10.4. The molecule has 0 bridgehead atoms. The molecule has 0 aliphatic carbocycles. The lowest BCUT2D eigenvalue weighted by molar-refractivity contribution is 0.250.